The SMILES string of the molecule is COc1ccc(N[C@@H]2CCCN(C(=O)C3(C)CCCCC3)C2)cc1OC. The molecule has 144 valence electrons. The zero-order valence-corrected chi connectivity index (χ0v) is 16.3. The number of carbonyl (C=O) groups is 1. The summed E-state index contributed by atoms with van der Waals surface area (Å²) in [6.45, 7) is 3.83. The Bertz CT molecular complexity index is 626. The molecule has 1 saturated carbocycles. The maximum Gasteiger partial charge on any atom is 0.228 e. The van der Waals surface area contributed by atoms with E-state index in [1.54, 1.807) is 14.2 Å². The van der Waals surface area contributed by atoms with Gasteiger partial charge in [0, 0.05) is 36.3 Å². The number of amides is 1. The maximum atomic E-state index is 13.1. The molecule has 1 aliphatic heterocycles. The number of nitrogens with zero attached hydrogens (tertiary/aromatic N) is 1. The Balaban J connectivity index is 1.64. The largest absolute Gasteiger partial charge is 0.493 e. The van der Waals surface area contributed by atoms with Gasteiger partial charge in [0.1, 0.15) is 0 Å². The minimum absolute atomic E-state index is 0.149. The van der Waals surface area contributed by atoms with Crippen LogP contribution < -0.4 is 14.8 Å². The number of benzene rings is 1. The Kier molecular flexibility index (Phi) is 5.94. The second-order valence-electron chi connectivity index (χ2n) is 7.93. The number of nitrogens with one attached hydrogen (secondary N) is 1. The molecule has 2 aliphatic rings. The van der Waals surface area contributed by atoms with Crippen LogP contribution in [0.25, 0.3) is 0 Å². The van der Waals surface area contributed by atoms with Crippen LogP contribution in [-0.2, 0) is 4.79 Å². The average molecular weight is 360 g/mol. The molecule has 1 aromatic rings. The summed E-state index contributed by atoms with van der Waals surface area (Å²) in [7, 11) is 3.29. The van der Waals surface area contributed by atoms with Gasteiger partial charge in [-0.05, 0) is 37.8 Å². The van der Waals surface area contributed by atoms with Crippen molar-refractivity contribution in [3.8, 4) is 11.5 Å². The fourth-order valence-corrected chi connectivity index (χ4v) is 4.37. The molecule has 1 aliphatic carbocycles. The molecule has 2 fully saturated rings. The second kappa shape index (κ2) is 8.19. The van der Waals surface area contributed by atoms with Crippen LogP contribution in [0.1, 0.15) is 51.9 Å². The lowest BCUT2D eigenvalue weighted by Crippen LogP contribution is -2.50. The molecule has 0 spiro atoms. The summed E-state index contributed by atoms with van der Waals surface area (Å²) < 4.78 is 10.7. The number of hydrogen-bond donors (Lipinski definition) is 1. The van der Waals surface area contributed by atoms with E-state index in [4.69, 9.17) is 9.47 Å². The number of likely N-dealkylation sites (tertiary alicyclic amines) is 1. The number of methoxy groups -OCH3 is 2. The van der Waals surface area contributed by atoms with Crippen LogP contribution in [0, 0.1) is 5.41 Å². The zero-order valence-electron chi connectivity index (χ0n) is 16.3. The van der Waals surface area contributed by atoms with E-state index >= 15 is 0 Å². The average Bonchev–Trinajstić information content (AvgIpc) is 2.68. The number of anilines is 1. The minimum Gasteiger partial charge on any atom is -0.493 e. The summed E-state index contributed by atoms with van der Waals surface area (Å²) in [5, 5.41) is 3.58. The van der Waals surface area contributed by atoms with Gasteiger partial charge >= 0.3 is 0 Å². The lowest BCUT2D eigenvalue weighted by Gasteiger charge is -2.41. The Morgan fingerprint density at radius 2 is 1.85 bits per heavy atom. The van der Waals surface area contributed by atoms with Crippen LogP contribution in [0.5, 0.6) is 11.5 Å². The topological polar surface area (TPSA) is 50.8 Å². The van der Waals surface area contributed by atoms with Crippen molar-refractivity contribution < 1.29 is 14.3 Å². The summed E-state index contributed by atoms with van der Waals surface area (Å²) >= 11 is 0. The quantitative estimate of drug-likeness (QED) is 0.860. The molecule has 5 nitrogen and oxygen atoms in total. The molecule has 1 saturated heterocycles. The molecule has 1 atom stereocenters. The van der Waals surface area contributed by atoms with E-state index in [9.17, 15) is 4.79 Å². The highest BCUT2D eigenvalue weighted by Crippen LogP contribution is 2.38. The van der Waals surface area contributed by atoms with Crippen molar-refractivity contribution >= 4 is 11.6 Å². The van der Waals surface area contributed by atoms with Crippen molar-refractivity contribution in [3.63, 3.8) is 0 Å². The lowest BCUT2D eigenvalue weighted by atomic mass is 9.74. The van der Waals surface area contributed by atoms with Gasteiger partial charge in [0.25, 0.3) is 0 Å². The summed E-state index contributed by atoms with van der Waals surface area (Å²) in [4.78, 5) is 15.2. The van der Waals surface area contributed by atoms with E-state index in [-0.39, 0.29) is 11.5 Å². The van der Waals surface area contributed by atoms with Gasteiger partial charge in [-0.3, -0.25) is 4.79 Å². The van der Waals surface area contributed by atoms with Crippen molar-refractivity contribution in [2.75, 3.05) is 32.6 Å². The van der Waals surface area contributed by atoms with Crippen LogP contribution in [0.4, 0.5) is 5.69 Å². The first-order valence-electron chi connectivity index (χ1n) is 9.84. The third-order valence-electron chi connectivity index (χ3n) is 5.94. The standard InChI is InChI=1S/C21H32N2O3/c1-21(11-5-4-6-12-21)20(24)23-13-7-8-17(15-23)22-16-9-10-18(25-2)19(14-16)26-3/h9-10,14,17,22H,4-8,11-13,15H2,1-3H3/t17-/m1/s1. The van der Waals surface area contributed by atoms with Crippen LogP contribution >= 0.6 is 0 Å². The first-order valence-corrected chi connectivity index (χ1v) is 9.84. The Morgan fingerprint density at radius 1 is 1.12 bits per heavy atom. The van der Waals surface area contributed by atoms with Crippen molar-refractivity contribution in [1.29, 1.82) is 0 Å². The molecule has 0 bridgehead atoms. The molecule has 26 heavy (non-hydrogen) atoms. The van der Waals surface area contributed by atoms with Gasteiger partial charge in [-0.1, -0.05) is 26.2 Å². The fraction of sp³-hybridized carbons (Fsp3) is 0.667. The third kappa shape index (κ3) is 4.08. The number of hydrogen-bond acceptors (Lipinski definition) is 4. The molecule has 1 aromatic carbocycles. The van der Waals surface area contributed by atoms with Gasteiger partial charge < -0.3 is 19.7 Å². The molecule has 1 amide bonds. The zero-order chi connectivity index (χ0) is 18.6. The van der Waals surface area contributed by atoms with E-state index in [0.717, 1.165) is 56.0 Å². The fourth-order valence-electron chi connectivity index (χ4n) is 4.37. The van der Waals surface area contributed by atoms with Gasteiger partial charge in [-0.2, -0.15) is 0 Å². The summed E-state index contributed by atoms with van der Waals surface area (Å²) in [6, 6.07) is 6.15. The minimum atomic E-state index is -0.149. The molecule has 0 radical (unpaired) electrons. The van der Waals surface area contributed by atoms with Gasteiger partial charge in [0.05, 0.1) is 14.2 Å². The highest BCUT2D eigenvalue weighted by Gasteiger charge is 2.38. The normalized spacial score (nSPS) is 22.6. The van der Waals surface area contributed by atoms with E-state index in [2.05, 4.69) is 17.1 Å². The summed E-state index contributed by atoms with van der Waals surface area (Å²) in [5.41, 5.74) is 0.856. The Labute approximate surface area is 157 Å². The smallest absolute Gasteiger partial charge is 0.228 e. The number of rotatable bonds is 5. The van der Waals surface area contributed by atoms with Gasteiger partial charge in [-0.25, -0.2) is 0 Å². The molecule has 0 unspecified atom stereocenters. The first-order chi connectivity index (χ1) is 12.6. The number of piperidine rings is 1. The van der Waals surface area contributed by atoms with Crippen molar-refractivity contribution in [3.05, 3.63) is 18.2 Å². The van der Waals surface area contributed by atoms with Gasteiger partial charge in [0.15, 0.2) is 11.5 Å². The monoisotopic (exact) mass is 360 g/mol. The maximum absolute atomic E-state index is 13.1. The van der Waals surface area contributed by atoms with E-state index in [1.807, 2.05) is 18.2 Å². The highest BCUT2D eigenvalue weighted by molar-refractivity contribution is 5.82. The third-order valence-corrected chi connectivity index (χ3v) is 5.94. The summed E-state index contributed by atoms with van der Waals surface area (Å²) in [6.07, 6.45) is 7.84. The van der Waals surface area contributed by atoms with E-state index in [1.165, 1.54) is 19.3 Å². The lowest BCUT2D eigenvalue weighted by molar-refractivity contribution is -0.144. The second-order valence-corrected chi connectivity index (χ2v) is 7.93. The first kappa shape index (κ1) is 18.9. The molecular weight excluding hydrogens is 328 g/mol. The van der Waals surface area contributed by atoms with Crippen LogP contribution in [0.2, 0.25) is 0 Å². The van der Waals surface area contributed by atoms with Gasteiger partial charge in [-0.15, -0.1) is 0 Å². The number of carbonyl (C=O) groups excluding carboxylic acids is 1. The summed E-state index contributed by atoms with van der Waals surface area (Å²) in [5.74, 6) is 1.80. The molecular formula is C21H32N2O3. The van der Waals surface area contributed by atoms with Crippen LogP contribution in [-0.4, -0.2) is 44.2 Å². The Morgan fingerprint density at radius 3 is 2.54 bits per heavy atom. The van der Waals surface area contributed by atoms with Crippen LogP contribution in [0.3, 0.4) is 0 Å². The van der Waals surface area contributed by atoms with E-state index < -0.39 is 0 Å². The predicted molar refractivity (Wildman–Crippen MR) is 104 cm³/mol. The molecule has 5 heteroatoms. The van der Waals surface area contributed by atoms with Crippen LogP contribution in [0.15, 0.2) is 18.2 Å². The molecule has 0 aromatic heterocycles. The highest BCUT2D eigenvalue weighted by atomic mass is 16.5. The molecule has 3 rings (SSSR count). The van der Waals surface area contributed by atoms with Gasteiger partial charge in [0.2, 0.25) is 5.91 Å². The molecule has 1 heterocycles. The van der Waals surface area contributed by atoms with Crippen molar-refractivity contribution in [2.45, 2.75) is 57.9 Å². The van der Waals surface area contributed by atoms with E-state index in [0.29, 0.717) is 5.91 Å². The Hall–Kier alpha value is -1.91. The molecule has 1 N–H and O–H groups in total. The number of ether oxygens (including phenoxy) is 2. The predicted octanol–water partition coefficient (Wildman–Crippen LogP) is 4.08. The van der Waals surface area contributed by atoms with Crippen molar-refractivity contribution in [2.24, 2.45) is 5.41 Å². The van der Waals surface area contributed by atoms with Crippen molar-refractivity contribution in [1.82, 2.24) is 4.90 Å².